The van der Waals surface area contributed by atoms with Gasteiger partial charge in [-0.25, -0.2) is 0 Å². The summed E-state index contributed by atoms with van der Waals surface area (Å²) in [4.78, 5) is 0. The van der Waals surface area contributed by atoms with Crippen LogP contribution in [0.3, 0.4) is 0 Å². The Morgan fingerprint density at radius 2 is 2.13 bits per heavy atom. The van der Waals surface area contributed by atoms with Crippen molar-refractivity contribution in [2.75, 3.05) is 25.6 Å². The summed E-state index contributed by atoms with van der Waals surface area (Å²) < 4.78 is 7.68. The van der Waals surface area contributed by atoms with Crippen LogP contribution in [0.5, 0.6) is 0 Å². The number of methoxy groups -OCH3 is 1. The molecule has 0 unspecified atom stereocenters. The number of thiocarbonyl (C=S) groups is 1. The van der Waals surface area contributed by atoms with E-state index in [0.717, 1.165) is 28.0 Å². The van der Waals surface area contributed by atoms with Gasteiger partial charge in [-0.1, -0.05) is 23.7 Å². The van der Waals surface area contributed by atoms with Crippen LogP contribution in [0, 0.1) is 0 Å². The van der Waals surface area contributed by atoms with E-state index < -0.39 is 0 Å². The summed E-state index contributed by atoms with van der Waals surface area (Å²) >= 11 is 14.6. The van der Waals surface area contributed by atoms with Gasteiger partial charge in [-0.2, -0.15) is 5.10 Å². The molecule has 0 saturated heterocycles. The summed E-state index contributed by atoms with van der Waals surface area (Å²) in [5.74, 6) is 0.684. The van der Waals surface area contributed by atoms with Gasteiger partial charge in [0.1, 0.15) is 0 Å². The second-order valence-electron chi connectivity index (χ2n) is 4.88. The Hall–Kier alpha value is -1.15. The van der Waals surface area contributed by atoms with Crippen molar-refractivity contribution in [2.24, 2.45) is 0 Å². The molecule has 0 aliphatic heterocycles. The van der Waals surface area contributed by atoms with Crippen LogP contribution in [0.2, 0.25) is 5.02 Å². The average Bonchev–Trinajstić information content (AvgIpc) is 2.86. The van der Waals surface area contributed by atoms with Crippen molar-refractivity contribution in [3.05, 3.63) is 45.5 Å². The molecule has 124 valence electrons. The Bertz CT molecular complexity index is 647. The van der Waals surface area contributed by atoms with E-state index in [1.54, 1.807) is 7.11 Å². The lowest BCUT2D eigenvalue weighted by molar-refractivity contribution is 0.196. The van der Waals surface area contributed by atoms with E-state index in [2.05, 4.69) is 31.7 Å². The van der Waals surface area contributed by atoms with Crippen molar-refractivity contribution in [1.82, 2.24) is 15.1 Å². The van der Waals surface area contributed by atoms with Gasteiger partial charge in [0.05, 0.1) is 11.0 Å². The maximum atomic E-state index is 5.89. The number of anilines is 1. The minimum absolute atomic E-state index is 0.540. The van der Waals surface area contributed by atoms with Gasteiger partial charge in [-0.05, 0) is 52.3 Å². The summed E-state index contributed by atoms with van der Waals surface area (Å²) in [7, 11) is 1.68. The van der Waals surface area contributed by atoms with Crippen molar-refractivity contribution >= 4 is 50.7 Å². The number of nitrogens with one attached hydrogen (secondary N) is 2. The van der Waals surface area contributed by atoms with Gasteiger partial charge in [-0.15, -0.1) is 0 Å². The maximum Gasteiger partial charge on any atom is 0.172 e. The van der Waals surface area contributed by atoms with Crippen LogP contribution in [-0.4, -0.2) is 35.2 Å². The Morgan fingerprint density at radius 1 is 1.39 bits per heavy atom. The van der Waals surface area contributed by atoms with Crippen molar-refractivity contribution in [2.45, 2.75) is 13.0 Å². The molecule has 5 nitrogen and oxygen atoms in total. The number of rotatable bonds is 7. The molecule has 0 amide bonds. The first-order valence-corrected chi connectivity index (χ1v) is 8.67. The summed E-state index contributed by atoms with van der Waals surface area (Å²) in [6, 6.07) is 7.70. The molecule has 0 atom stereocenters. The largest absolute Gasteiger partial charge is 0.385 e. The number of ether oxygens (including phenoxy) is 1. The minimum atomic E-state index is 0.540. The standard InChI is InChI=1S/C15H18BrClN4OS/c1-22-8-2-7-18-15(23)19-14-13(16)10-21(20-14)9-11-3-5-12(17)6-4-11/h3-6,10H,2,7-9H2,1H3,(H2,18,19,20,23). The van der Waals surface area contributed by atoms with Gasteiger partial charge in [-0.3, -0.25) is 4.68 Å². The lowest BCUT2D eigenvalue weighted by atomic mass is 10.2. The molecule has 2 rings (SSSR count). The zero-order chi connectivity index (χ0) is 16.7. The Kier molecular flexibility index (Phi) is 7.29. The summed E-state index contributed by atoms with van der Waals surface area (Å²) in [5.41, 5.74) is 1.12. The molecular formula is C15H18BrClN4OS. The number of benzene rings is 1. The van der Waals surface area contributed by atoms with Gasteiger partial charge < -0.3 is 15.4 Å². The second kappa shape index (κ2) is 9.22. The molecule has 8 heteroatoms. The normalized spacial score (nSPS) is 10.6. The van der Waals surface area contributed by atoms with E-state index in [9.17, 15) is 0 Å². The van der Waals surface area contributed by atoms with Crippen LogP contribution in [0.25, 0.3) is 0 Å². The zero-order valence-electron chi connectivity index (χ0n) is 12.7. The minimum Gasteiger partial charge on any atom is -0.385 e. The van der Waals surface area contributed by atoms with Crippen LogP contribution < -0.4 is 10.6 Å². The van der Waals surface area contributed by atoms with Crippen LogP contribution in [0.1, 0.15) is 12.0 Å². The van der Waals surface area contributed by atoms with Gasteiger partial charge in [0.25, 0.3) is 0 Å². The van der Waals surface area contributed by atoms with E-state index in [-0.39, 0.29) is 0 Å². The fourth-order valence-corrected chi connectivity index (χ4v) is 2.65. The first-order chi connectivity index (χ1) is 11.1. The highest BCUT2D eigenvalue weighted by Gasteiger charge is 2.08. The molecule has 0 bridgehead atoms. The maximum absolute atomic E-state index is 5.89. The first-order valence-electron chi connectivity index (χ1n) is 7.09. The molecular weight excluding hydrogens is 400 g/mol. The number of aromatic nitrogens is 2. The molecule has 1 aromatic heterocycles. The lowest BCUT2D eigenvalue weighted by Gasteiger charge is -2.08. The molecule has 0 aliphatic carbocycles. The van der Waals surface area contributed by atoms with E-state index in [1.165, 1.54) is 0 Å². The Labute approximate surface area is 154 Å². The van der Waals surface area contributed by atoms with Crippen molar-refractivity contribution in [3.8, 4) is 0 Å². The third-order valence-corrected chi connectivity index (χ3v) is 4.10. The van der Waals surface area contributed by atoms with Gasteiger partial charge in [0.15, 0.2) is 10.9 Å². The molecule has 0 spiro atoms. The van der Waals surface area contributed by atoms with Crippen LogP contribution in [0.15, 0.2) is 34.9 Å². The number of hydrogen-bond donors (Lipinski definition) is 2. The molecule has 2 N–H and O–H groups in total. The highest BCUT2D eigenvalue weighted by atomic mass is 79.9. The summed E-state index contributed by atoms with van der Waals surface area (Å²) in [6.45, 7) is 2.11. The van der Waals surface area contributed by atoms with E-state index in [1.807, 2.05) is 35.1 Å². The van der Waals surface area contributed by atoms with E-state index >= 15 is 0 Å². The monoisotopic (exact) mass is 416 g/mol. The first kappa shape index (κ1) is 18.2. The summed E-state index contributed by atoms with van der Waals surface area (Å²) in [6.07, 6.45) is 2.80. The fraction of sp³-hybridized carbons (Fsp3) is 0.333. The SMILES string of the molecule is COCCCNC(=S)Nc1nn(Cc2ccc(Cl)cc2)cc1Br. The molecule has 0 radical (unpaired) electrons. The molecule has 1 aromatic carbocycles. The zero-order valence-corrected chi connectivity index (χ0v) is 15.8. The third kappa shape index (κ3) is 6.10. The molecule has 0 fully saturated rings. The molecule has 1 heterocycles. The fourth-order valence-electron chi connectivity index (χ4n) is 1.91. The Balaban J connectivity index is 1.90. The number of halogens is 2. The highest BCUT2D eigenvalue weighted by molar-refractivity contribution is 9.10. The molecule has 0 aliphatic rings. The Morgan fingerprint density at radius 3 is 2.83 bits per heavy atom. The van der Waals surface area contributed by atoms with E-state index in [0.29, 0.717) is 24.1 Å². The van der Waals surface area contributed by atoms with Crippen molar-refractivity contribution in [1.29, 1.82) is 0 Å². The van der Waals surface area contributed by atoms with Gasteiger partial charge >= 0.3 is 0 Å². The van der Waals surface area contributed by atoms with Crippen LogP contribution in [0.4, 0.5) is 5.82 Å². The predicted octanol–water partition coefficient (Wildman–Crippen LogP) is 3.67. The second-order valence-corrected chi connectivity index (χ2v) is 6.58. The van der Waals surface area contributed by atoms with Gasteiger partial charge in [0.2, 0.25) is 0 Å². The van der Waals surface area contributed by atoms with Crippen LogP contribution in [-0.2, 0) is 11.3 Å². The van der Waals surface area contributed by atoms with Crippen LogP contribution >= 0.6 is 39.7 Å². The topological polar surface area (TPSA) is 51.1 Å². The summed E-state index contributed by atoms with van der Waals surface area (Å²) in [5, 5.41) is 11.9. The van der Waals surface area contributed by atoms with Crippen molar-refractivity contribution in [3.63, 3.8) is 0 Å². The third-order valence-electron chi connectivity index (χ3n) is 3.02. The molecule has 2 aromatic rings. The average molecular weight is 418 g/mol. The predicted molar refractivity (Wildman–Crippen MR) is 101 cm³/mol. The van der Waals surface area contributed by atoms with Gasteiger partial charge in [0, 0.05) is 31.5 Å². The highest BCUT2D eigenvalue weighted by Crippen LogP contribution is 2.21. The number of hydrogen-bond acceptors (Lipinski definition) is 3. The van der Waals surface area contributed by atoms with E-state index in [4.69, 9.17) is 28.6 Å². The lowest BCUT2D eigenvalue weighted by Crippen LogP contribution is -2.30. The molecule has 23 heavy (non-hydrogen) atoms. The molecule has 0 saturated carbocycles. The number of nitrogens with zero attached hydrogens (tertiary/aromatic N) is 2. The van der Waals surface area contributed by atoms with Crippen molar-refractivity contribution < 1.29 is 4.74 Å². The smallest absolute Gasteiger partial charge is 0.172 e. The quantitative estimate of drug-likeness (QED) is 0.532.